The average Bonchev–Trinajstić information content (AvgIpc) is 2.41. The smallest absolute Gasteiger partial charge is 0.306 e. The number of carbonyl (C=O) groups is 2. The number of carboxylic acid groups (broad SMARTS) is 1. The second-order valence-corrected chi connectivity index (χ2v) is 4.46. The Morgan fingerprint density at radius 3 is 2.32 bits per heavy atom. The molecule has 0 aromatic rings. The normalized spacial score (nSPS) is 11.3. The van der Waals surface area contributed by atoms with Gasteiger partial charge in [0.1, 0.15) is 6.61 Å². The second-order valence-electron chi connectivity index (χ2n) is 4.46. The van der Waals surface area contributed by atoms with E-state index < -0.39 is 17.4 Å². The van der Waals surface area contributed by atoms with Crippen LogP contribution in [0.4, 0.5) is 0 Å². The van der Waals surface area contributed by atoms with E-state index in [0.29, 0.717) is 19.5 Å². The molecule has 0 heterocycles. The Balaban J connectivity index is 3.69. The molecule has 0 bridgehead atoms. The van der Waals surface area contributed by atoms with Crippen LogP contribution in [0.5, 0.6) is 0 Å². The minimum absolute atomic E-state index is 0.120. The van der Waals surface area contributed by atoms with Gasteiger partial charge in [-0.1, -0.05) is 6.92 Å². The number of rotatable bonds is 11. The Hall–Kier alpha value is -1.18. The molecule has 0 fully saturated rings. The number of aliphatic carboxylic acids is 1. The van der Waals surface area contributed by atoms with Crippen LogP contribution in [0.3, 0.4) is 0 Å². The maximum absolute atomic E-state index is 11.1. The maximum Gasteiger partial charge on any atom is 0.306 e. The number of esters is 1. The summed E-state index contributed by atoms with van der Waals surface area (Å²) in [5.41, 5.74) is -0.562. The summed E-state index contributed by atoms with van der Waals surface area (Å²) in [4.78, 5) is 21.3. The molecule has 112 valence electrons. The van der Waals surface area contributed by atoms with Gasteiger partial charge in [0.25, 0.3) is 0 Å². The molecule has 0 aliphatic rings. The van der Waals surface area contributed by atoms with Gasteiger partial charge in [-0.15, -0.1) is 0 Å². The number of carbonyl (C=O) groups excluding carboxylic acids is 1. The fraction of sp³-hybridized carbons (Fsp3) is 0.833. The fourth-order valence-corrected chi connectivity index (χ4v) is 1.38. The highest BCUT2D eigenvalue weighted by Gasteiger charge is 2.25. The minimum Gasteiger partial charge on any atom is -0.481 e. The Kier molecular flexibility index (Phi) is 9.11. The summed E-state index contributed by atoms with van der Waals surface area (Å²) < 4.78 is 4.82. The van der Waals surface area contributed by atoms with Crippen molar-refractivity contribution in [3.05, 3.63) is 0 Å². The van der Waals surface area contributed by atoms with Crippen LogP contribution in [0.2, 0.25) is 0 Å². The summed E-state index contributed by atoms with van der Waals surface area (Å²) in [6.07, 6.45) is 0.257. The second kappa shape index (κ2) is 9.71. The monoisotopic (exact) mass is 277 g/mol. The zero-order chi connectivity index (χ0) is 14.7. The Morgan fingerprint density at radius 2 is 1.84 bits per heavy atom. The largest absolute Gasteiger partial charge is 0.481 e. The van der Waals surface area contributed by atoms with Crippen molar-refractivity contribution in [1.82, 2.24) is 5.32 Å². The van der Waals surface area contributed by atoms with Crippen molar-refractivity contribution >= 4 is 11.9 Å². The molecule has 0 unspecified atom stereocenters. The molecule has 0 radical (unpaired) electrons. The third-order valence-corrected chi connectivity index (χ3v) is 3.01. The first kappa shape index (κ1) is 17.8. The van der Waals surface area contributed by atoms with Crippen LogP contribution in [-0.4, -0.2) is 60.2 Å². The molecule has 0 amide bonds. The third-order valence-electron chi connectivity index (χ3n) is 3.01. The van der Waals surface area contributed by atoms with Gasteiger partial charge in [0, 0.05) is 18.5 Å². The topological polar surface area (TPSA) is 116 Å². The number of aliphatic hydroxyl groups excluding tert-OH is 2. The van der Waals surface area contributed by atoms with Gasteiger partial charge in [-0.25, -0.2) is 0 Å². The lowest BCUT2D eigenvalue weighted by Gasteiger charge is -2.28. The summed E-state index contributed by atoms with van der Waals surface area (Å²) in [6.45, 7) is 2.58. The van der Waals surface area contributed by atoms with Crippen LogP contribution in [0.15, 0.2) is 0 Å². The molecule has 0 rings (SSSR count). The van der Waals surface area contributed by atoms with E-state index in [9.17, 15) is 19.8 Å². The van der Waals surface area contributed by atoms with Gasteiger partial charge < -0.3 is 25.4 Å². The van der Waals surface area contributed by atoms with Gasteiger partial charge in [0.15, 0.2) is 0 Å². The molecule has 0 atom stereocenters. The van der Waals surface area contributed by atoms with Crippen molar-refractivity contribution in [3.8, 4) is 0 Å². The lowest BCUT2D eigenvalue weighted by Crippen LogP contribution is -2.41. The molecule has 0 aliphatic heterocycles. The van der Waals surface area contributed by atoms with Gasteiger partial charge in [-0.05, 0) is 6.42 Å². The zero-order valence-corrected chi connectivity index (χ0v) is 11.2. The number of hydrogen-bond acceptors (Lipinski definition) is 6. The average molecular weight is 277 g/mol. The van der Waals surface area contributed by atoms with Crippen molar-refractivity contribution in [2.24, 2.45) is 5.41 Å². The molecule has 0 saturated carbocycles. The van der Waals surface area contributed by atoms with Crippen LogP contribution >= 0.6 is 0 Å². The van der Waals surface area contributed by atoms with Gasteiger partial charge >= 0.3 is 11.9 Å². The highest BCUT2D eigenvalue weighted by Crippen LogP contribution is 2.18. The van der Waals surface area contributed by atoms with Gasteiger partial charge in [-0.2, -0.15) is 0 Å². The van der Waals surface area contributed by atoms with E-state index in [-0.39, 0.29) is 32.7 Å². The molecule has 0 saturated heterocycles. The van der Waals surface area contributed by atoms with Gasteiger partial charge in [0.05, 0.1) is 26.1 Å². The van der Waals surface area contributed by atoms with Crippen molar-refractivity contribution in [3.63, 3.8) is 0 Å². The first-order chi connectivity index (χ1) is 8.99. The van der Waals surface area contributed by atoms with E-state index in [2.05, 4.69) is 5.32 Å². The molecule has 0 aliphatic carbocycles. The predicted molar refractivity (Wildman–Crippen MR) is 67.6 cm³/mol. The van der Waals surface area contributed by atoms with E-state index in [1.165, 1.54) is 0 Å². The number of nitrogens with one attached hydrogen (secondary N) is 1. The summed E-state index contributed by atoms with van der Waals surface area (Å²) in [6, 6.07) is 0. The Bertz CT molecular complexity index is 269. The van der Waals surface area contributed by atoms with E-state index in [1.54, 1.807) is 0 Å². The number of hydrogen-bond donors (Lipinski definition) is 4. The van der Waals surface area contributed by atoms with Crippen LogP contribution in [-0.2, 0) is 14.3 Å². The maximum atomic E-state index is 11.1. The summed E-state index contributed by atoms with van der Waals surface area (Å²) in [5.74, 6) is -1.58. The quantitative estimate of drug-likeness (QED) is 0.293. The summed E-state index contributed by atoms with van der Waals surface area (Å²) >= 11 is 0. The van der Waals surface area contributed by atoms with Gasteiger partial charge in [-0.3, -0.25) is 9.59 Å². The predicted octanol–water partition coefficient (Wildman–Crippen LogP) is -0.635. The Morgan fingerprint density at radius 1 is 1.21 bits per heavy atom. The lowest BCUT2D eigenvalue weighted by molar-refractivity contribution is -0.147. The summed E-state index contributed by atoms with van der Waals surface area (Å²) in [5, 5.41) is 29.8. The molecular weight excluding hydrogens is 254 g/mol. The van der Waals surface area contributed by atoms with Crippen molar-refractivity contribution in [2.75, 3.05) is 32.9 Å². The highest BCUT2D eigenvalue weighted by molar-refractivity contribution is 5.76. The van der Waals surface area contributed by atoms with Crippen molar-refractivity contribution in [1.29, 1.82) is 0 Å². The first-order valence-electron chi connectivity index (χ1n) is 6.29. The molecule has 4 N–H and O–H groups in total. The van der Waals surface area contributed by atoms with Crippen molar-refractivity contribution < 1.29 is 29.6 Å². The number of carboxylic acids is 1. The first-order valence-corrected chi connectivity index (χ1v) is 6.29. The van der Waals surface area contributed by atoms with Crippen LogP contribution in [0, 0.1) is 5.41 Å². The summed E-state index contributed by atoms with van der Waals surface area (Å²) in [7, 11) is 0. The highest BCUT2D eigenvalue weighted by atomic mass is 16.5. The Labute approximate surface area is 112 Å². The van der Waals surface area contributed by atoms with E-state index in [0.717, 1.165) is 0 Å². The van der Waals surface area contributed by atoms with Gasteiger partial charge in [0.2, 0.25) is 0 Å². The lowest BCUT2D eigenvalue weighted by atomic mass is 9.87. The number of ether oxygens (including phenoxy) is 1. The fourth-order valence-electron chi connectivity index (χ4n) is 1.38. The van der Waals surface area contributed by atoms with Crippen molar-refractivity contribution in [2.45, 2.75) is 26.2 Å². The van der Waals surface area contributed by atoms with Crippen LogP contribution < -0.4 is 5.32 Å². The van der Waals surface area contributed by atoms with Crippen LogP contribution in [0.1, 0.15) is 26.2 Å². The molecule has 0 aromatic heterocycles. The molecule has 0 spiro atoms. The molecular formula is C12H23NO6. The van der Waals surface area contributed by atoms with E-state index in [1.807, 2.05) is 6.92 Å². The molecule has 0 aromatic carbocycles. The molecule has 7 nitrogen and oxygen atoms in total. The zero-order valence-electron chi connectivity index (χ0n) is 11.2. The van der Waals surface area contributed by atoms with E-state index >= 15 is 0 Å². The van der Waals surface area contributed by atoms with Crippen LogP contribution in [0.25, 0.3) is 0 Å². The SMILES string of the molecule is CCC(CO)(CO)CNCCOC(=O)CCC(=O)O. The number of aliphatic hydroxyl groups is 2. The molecule has 19 heavy (non-hydrogen) atoms. The minimum atomic E-state index is -1.03. The molecule has 7 heteroatoms. The van der Waals surface area contributed by atoms with E-state index in [4.69, 9.17) is 9.84 Å². The third kappa shape index (κ3) is 7.76. The standard InChI is InChI=1S/C12H23NO6/c1-2-12(8-14,9-15)7-13-5-6-19-11(18)4-3-10(16)17/h13-15H,2-9H2,1H3,(H,16,17).